The van der Waals surface area contributed by atoms with Crippen LogP contribution in [0.1, 0.15) is 27.6 Å². The molecule has 0 aliphatic heterocycles. The molecule has 0 radical (unpaired) electrons. The van der Waals surface area contributed by atoms with Crippen LogP contribution in [0.4, 0.5) is 5.82 Å². The van der Waals surface area contributed by atoms with Crippen LogP contribution in [0, 0.1) is 13.8 Å². The van der Waals surface area contributed by atoms with E-state index in [4.69, 9.17) is 10.2 Å². The Balaban J connectivity index is 1.58. The van der Waals surface area contributed by atoms with Crippen LogP contribution in [0.5, 0.6) is 0 Å². The largest absolute Gasteiger partial charge is 0.443 e. The number of rotatable bonds is 4. The summed E-state index contributed by atoms with van der Waals surface area (Å²) in [6, 6.07) is 5.73. The first-order valence-corrected chi connectivity index (χ1v) is 8.29. The van der Waals surface area contributed by atoms with Gasteiger partial charge in [-0.05, 0) is 26.0 Å². The molecule has 0 saturated heterocycles. The molecule has 0 atom stereocenters. The minimum Gasteiger partial charge on any atom is -0.443 e. The number of pyridine rings is 1. The molecule has 4 aromatic heterocycles. The molecule has 4 aromatic rings. The van der Waals surface area contributed by atoms with Crippen LogP contribution in [-0.4, -0.2) is 30.2 Å². The second kappa shape index (κ2) is 6.52. The SMILES string of the molecule is Cc1nc(C(=O)NCc2c(C)nc3ccccn23)c(N)nc1-c1ncco1. The smallest absolute Gasteiger partial charge is 0.274 e. The monoisotopic (exact) mass is 363 g/mol. The zero-order valence-electron chi connectivity index (χ0n) is 14.8. The molecule has 3 N–H and O–H groups in total. The number of nitrogen functional groups attached to an aromatic ring is 1. The molecule has 0 aliphatic carbocycles. The number of nitrogens with zero attached hydrogens (tertiary/aromatic N) is 5. The van der Waals surface area contributed by atoms with Gasteiger partial charge in [-0.2, -0.15) is 0 Å². The normalized spacial score (nSPS) is 11.0. The number of anilines is 1. The lowest BCUT2D eigenvalue weighted by Gasteiger charge is -2.09. The van der Waals surface area contributed by atoms with Gasteiger partial charge >= 0.3 is 0 Å². The molecule has 0 spiro atoms. The zero-order valence-corrected chi connectivity index (χ0v) is 14.8. The molecule has 9 heteroatoms. The molecule has 27 heavy (non-hydrogen) atoms. The van der Waals surface area contributed by atoms with Crippen LogP contribution in [-0.2, 0) is 6.54 Å². The maximum absolute atomic E-state index is 12.6. The third kappa shape index (κ3) is 2.99. The van der Waals surface area contributed by atoms with E-state index < -0.39 is 5.91 Å². The van der Waals surface area contributed by atoms with Gasteiger partial charge in [0.2, 0.25) is 5.89 Å². The van der Waals surface area contributed by atoms with Crippen molar-refractivity contribution in [2.75, 3.05) is 5.73 Å². The zero-order chi connectivity index (χ0) is 19.0. The van der Waals surface area contributed by atoms with Crippen molar-refractivity contribution in [1.29, 1.82) is 0 Å². The van der Waals surface area contributed by atoms with E-state index in [0.717, 1.165) is 17.0 Å². The fraction of sp³-hybridized carbons (Fsp3) is 0.167. The van der Waals surface area contributed by atoms with Gasteiger partial charge in [0.05, 0.1) is 29.8 Å². The number of carbonyl (C=O) groups is 1. The Bertz CT molecular complexity index is 1130. The second-order valence-electron chi connectivity index (χ2n) is 5.98. The quantitative estimate of drug-likeness (QED) is 0.567. The highest BCUT2D eigenvalue weighted by molar-refractivity contribution is 5.96. The predicted molar refractivity (Wildman–Crippen MR) is 97.8 cm³/mol. The summed E-state index contributed by atoms with van der Waals surface area (Å²) in [5.74, 6) is -0.0893. The van der Waals surface area contributed by atoms with E-state index in [0.29, 0.717) is 17.3 Å². The van der Waals surface area contributed by atoms with Crippen molar-refractivity contribution < 1.29 is 9.21 Å². The highest BCUT2D eigenvalue weighted by Gasteiger charge is 2.19. The summed E-state index contributed by atoms with van der Waals surface area (Å²) >= 11 is 0. The number of hydrogen-bond donors (Lipinski definition) is 2. The molecule has 0 unspecified atom stereocenters. The average molecular weight is 363 g/mol. The van der Waals surface area contributed by atoms with Gasteiger partial charge in [-0.1, -0.05) is 6.07 Å². The number of fused-ring (bicyclic) bond motifs is 1. The van der Waals surface area contributed by atoms with Gasteiger partial charge in [0.25, 0.3) is 5.91 Å². The van der Waals surface area contributed by atoms with E-state index in [2.05, 4.69) is 25.3 Å². The Kier molecular flexibility index (Phi) is 4.03. The minimum absolute atomic E-state index is 0.0150. The topological polar surface area (TPSA) is 124 Å². The Morgan fingerprint density at radius 3 is 2.85 bits per heavy atom. The molecule has 0 saturated carbocycles. The summed E-state index contributed by atoms with van der Waals surface area (Å²) in [6.07, 6.45) is 4.84. The standard InChI is InChI=1S/C18H17N7O2/c1-10-12(25-7-4-3-5-13(25)22-10)9-21-17(26)15-16(19)24-14(11(2)23-15)18-20-6-8-27-18/h3-8H,9H2,1-2H3,(H2,19,24)(H,21,26). The molecule has 4 heterocycles. The van der Waals surface area contributed by atoms with Gasteiger partial charge < -0.3 is 19.9 Å². The molecule has 136 valence electrons. The van der Waals surface area contributed by atoms with E-state index >= 15 is 0 Å². The van der Waals surface area contributed by atoms with Crippen molar-refractivity contribution >= 4 is 17.4 Å². The van der Waals surface area contributed by atoms with Gasteiger partial charge in [-0.15, -0.1) is 0 Å². The number of hydrogen-bond acceptors (Lipinski definition) is 7. The summed E-state index contributed by atoms with van der Waals surface area (Å²) < 4.78 is 7.16. The Labute approximate surface area is 154 Å². The number of aromatic nitrogens is 5. The van der Waals surface area contributed by atoms with Gasteiger partial charge in [0.15, 0.2) is 11.5 Å². The highest BCUT2D eigenvalue weighted by Crippen LogP contribution is 2.21. The summed E-state index contributed by atoms with van der Waals surface area (Å²) in [6.45, 7) is 3.91. The van der Waals surface area contributed by atoms with Crippen LogP contribution in [0.3, 0.4) is 0 Å². The number of carbonyl (C=O) groups excluding carboxylic acids is 1. The van der Waals surface area contributed by atoms with Crippen LogP contribution in [0.15, 0.2) is 41.3 Å². The van der Waals surface area contributed by atoms with E-state index in [1.807, 2.05) is 35.7 Å². The summed E-state index contributed by atoms with van der Waals surface area (Å²) in [4.78, 5) is 29.6. The Morgan fingerprint density at radius 1 is 1.22 bits per heavy atom. The fourth-order valence-corrected chi connectivity index (χ4v) is 2.87. The van der Waals surface area contributed by atoms with E-state index in [1.165, 1.54) is 12.5 Å². The number of amides is 1. The number of nitrogens with one attached hydrogen (secondary N) is 1. The maximum atomic E-state index is 12.6. The van der Waals surface area contributed by atoms with Gasteiger partial charge in [-0.25, -0.2) is 19.9 Å². The predicted octanol–water partition coefficient (Wildman–Crippen LogP) is 1.91. The van der Waals surface area contributed by atoms with Crippen molar-refractivity contribution in [3.8, 4) is 11.6 Å². The third-order valence-electron chi connectivity index (χ3n) is 4.19. The highest BCUT2D eigenvalue weighted by atomic mass is 16.3. The molecular weight excluding hydrogens is 346 g/mol. The van der Waals surface area contributed by atoms with Crippen molar-refractivity contribution in [2.45, 2.75) is 20.4 Å². The van der Waals surface area contributed by atoms with E-state index in [9.17, 15) is 4.79 Å². The van der Waals surface area contributed by atoms with Crippen molar-refractivity contribution in [2.24, 2.45) is 0 Å². The van der Waals surface area contributed by atoms with Crippen molar-refractivity contribution in [3.05, 3.63) is 59.6 Å². The first-order valence-electron chi connectivity index (χ1n) is 8.29. The van der Waals surface area contributed by atoms with Gasteiger partial charge in [-0.3, -0.25) is 4.79 Å². The summed E-state index contributed by atoms with van der Waals surface area (Å²) in [7, 11) is 0. The summed E-state index contributed by atoms with van der Waals surface area (Å²) in [5, 5.41) is 2.84. The number of nitrogens with two attached hydrogens (primary N) is 1. The minimum atomic E-state index is -0.410. The van der Waals surface area contributed by atoms with Crippen molar-refractivity contribution in [1.82, 2.24) is 29.7 Å². The molecule has 4 rings (SSSR count). The number of imidazole rings is 1. The van der Waals surface area contributed by atoms with Crippen LogP contribution < -0.4 is 11.1 Å². The fourth-order valence-electron chi connectivity index (χ4n) is 2.87. The van der Waals surface area contributed by atoms with Gasteiger partial charge in [0.1, 0.15) is 17.6 Å². The maximum Gasteiger partial charge on any atom is 0.274 e. The van der Waals surface area contributed by atoms with Gasteiger partial charge in [0, 0.05) is 6.20 Å². The number of aryl methyl sites for hydroxylation is 2. The molecule has 0 aliphatic rings. The van der Waals surface area contributed by atoms with Crippen molar-refractivity contribution in [3.63, 3.8) is 0 Å². The first kappa shape index (κ1) is 16.7. The first-order chi connectivity index (χ1) is 13.0. The van der Waals surface area contributed by atoms with E-state index in [1.54, 1.807) is 6.92 Å². The van der Waals surface area contributed by atoms with E-state index in [-0.39, 0.29) is 18.1 Å². The molecule has 9 nitrogen and oxygen atoms in total. The lowest BCUT2D eigenvalue weighted by molar-refractivity contribution is 0.0946. The molecule has 0 bridgehead atoms. The van der Waals surface area contributed by atoms with Crippen LogP contribution >= 0.6 is 0 Å². The van der Waals surface area contributed by atoms with Crippen LogP contribution in [0.25, 0.3) is 17.2 Å². The number of oxazole rings is 1. The molecular formula is C18H17N7O2. The lowest BCUT2D eigenvalue weighted by atomic mass is 10.2. The summed E-state index contributed by atoms with van der Waals surface area (Å²) in [5.41, 5.74) is 9.48. The lowest BCUT2D eigenvalue weighted by Crippen LogP contribution is -2.26. The molecule has 0 aromatic carbocycles. The third-order valence-corrected chi connectivity index (χ3v) is 4.19. The van der Waals surface area contributed by atoms with Crippen LogP contribution in [0.2, 0.25) is 0 Å². The molecule has 1 amide bonds. The average Bonchev–Trinajstić information content (AvgIpc) is 3.28. The Morgan fingerprint density at radius 2 is 2.07 bits per heavy atom. The molecule has 0 fully saturated rings. The Hall–Kier alpha value is -3.75. The second-order valence-corrected chi connectivity index (χ2v) is 5.98.